The average molecular weight is 398 g/mol. The van der Waals surface area contributed by atoms with Gasteiger partial charge >= 0.3 is 6.09 Å². The Kier molecular flexibility index (Phi) is 5.07. The average Bonchev–Trinajstić information content (AvgIpc) is 3.26. The normalized spacial score (nSPS) is 13.6. The van der Waals surface area contributed by atoms with Crippen LogP contribution in [0.1, 0.15) is 6.92 Å². The van der Waals surface area contributed by atoms with Gasteiger partial charge in [-0.15, -0.1) is 0 Å². The maximum absolute atomic E-state index is 11.4. The molecule has 1 N–H and O–H groups in total. The van der Waals surface area contributed by atoms with Gasteiger partial charge in [-0.3, -0.25) is 9.78 Å². The van der Waals surface area contributed by atoms with Gasteiger partial charge in [0.15, 0.2) is 5.13 Å². The third-order valence-corrected chi connectivity index (χ3v) is 5.13. The number of cyclic esters (lactones) is 1. The van der Waals surface area contributed by atoms with Crippen molar-refractivity contribution in [3.63, 3.8) is 0 Å². The zero-order valence-corrected chi connectivity index (χ0v) is 16.0. The summed E-state index contributed by atoms with van der Waals surface area (Å²) in [4.78, 5) is 32.9. The molecule has 0 spiro atoms. The molecule has 2 aromatic heterocycles. The fraction of sp³-hybridized carbons (Fsp3) is 0.263. The fourth-order valence-corrected chi connectivity index (χ4v) is 3.82. The van der Waals surface area contributed by atoms with Gasteiger partial charge in [0.05, 0.1) is 29.5 Å². The van der Waals surface area contributed by atoms with Gasteiger partial charge < -0.3 is 19.7 Å². The van der Waals surface area contributed by atoms with Crippen molar-refractivity contribution in [1.29, 1.82) is 0 Å². The molecular formula is C19H18N4O4S. The Balaban J connectivity index is 1.47. The third kappa shape index (κ3) is 4.04. The quantitative estimate of drug-likeness (QED) is 0.686. The summed E-state index contributed by atoms with van der Waals surface area (Å²) in [5.41, 5.74) is 2.72. The largest absolute Gasteiger partial charge is 0.490 e. The number of nitrogens with one attached hydrogen (secondary N) is 1. The highest BCUT2D eigenvalue weighted by atomic mass is 32.1. The second-order valence-electron chi connectivity index (χ2n) is 6.24. The third-order valence-electron chi connectivity index (χ3n) is 4.19. The molecule has 1 aliphatic heterocycles. The molecule has 3 aromatic rings. The summed E-state index contributed by atoms with van der Waals surface area (Å²) in [5, 5.41) is 3.29. The van der Waals surface area contributed by atoms with E-state index in [0.717, 1.165) is 21.3 Å². The lowest BCUT2D eigenvalue weighted by Crippen LogP contribution is -2.29. The Bertz CT molecular complexity index is 1040. The van der Waals surface area contributed by atoms with E-state index >= 15 is 0 Å². The molecule has 0 radical (unpaired) electrons. The molecule has 1 aromatic carbocycles. The molecule has 1 fully saturated rings. The molecule has 1 saturated heterocycles. The molecule has 4 rings (SSSR count). The van der Waals surface area contributed by atoms with Crippen LogP contribution >= 0.6 is 11.3 Å². The van der Waals surface area contributed by atoms with Crippen LogP contribution in [-0.4, -0.2) is 53.2 Å². The van der Waals surface area contributed by atoms with Gasteiger partial charge in [-0.1, -0.05) is 17.4 Å². The summed E-state index contributed by atoms with van der Waals surface area (Å²) in [6.07, 6.45) is 3.11. The highest BCUT2D eigenvalue weighted by Crippen LogP contribution is 2.31. The van der Waals surface area contributed by atoms with Crippen molar-refractivity contribution in [2.45, 2.75) is 6.92 Å². The van der Waals surface area contributed by atoms with Crippen molar-refractivity contribution >= 4 is 38.7 Å². The molecule has 144 valence electrons. The highest BCUT2D eigenvalue weighted by molar-refractivity contribution is 7.22. The number of amides is 2. The minimum absolute atomic E-state index is 0.143. The lowest BCUT2D eigenvalue weighted by molar-refractivity contribution is -0.114. The van der Waals surface area contributed by atoms with Crippen LogP contribution in [0.25, 0.3) is 21.3 Å². The summed E-state index contributed by atoms with van der Waals surface area (Å²) >= 11 is 1.42. The molecule has 0 saturated carbocycles. The van der Waals surface area contributed by atoms with Crippen molar-refractivity contribution in [2.75, 3.05) is 31.6 Å². The van der Waals surface area contributed by atoms with Crippen molar-refractivity contribution in [3.05, 3.63) is 36.7 Å². The number of aromatic nitrogens is 2. The summed E-state index contributed by atoms with van der Waals surface area (Å²) in [6, 6.07) is 7.80. The summed E-state index contributed by atoms with van der Waals surface area (Å²) in [5.74, 6) is 0.490. The number of carbonyl (C=O) groups is 2. The standard InChI is InChI=1S/C19H18N4O4S/c1-12(24)21-18-22-16-3-2-13(9-17(16)28-18)14-8-15(11-20-10-14)26-6-4-23-5-7-27-19(23)25/h2-3,8-11H,4-7H2,1H3,(H,21,22,24). The van der Waals surface area contributed by atoms with E-state index in [-0.39, 0.29) is 12.0 Å². The van der Waals surface area contributed by atoms with E-state index in [2.05, 4.69) is 15.3 Å². The predicted octanol–water partition coefficient (Wildman–Crippen LogP) is 3.15. The second-order valence-corrected chi connectivity index (χ2v) is 7.27. The van der Waals surface area contributed by atoms with Crippen LogP contribution in [0.5, 0.6) is 5.75 Å². The molecular weight excluding hydrogens is 380 g/mol. The first-order chi connectivity index (χ1) is 13.6. The molecule has 8 nitrogen and oxygen atoms in total. The predicted molar refractivity (Wildman–Crippen MR) is 106 cm³/mol. The number of hydrogen-bond acceptors (Lipinski definition) is 7. The number of thiazole rings is 1. The van der Waals surface area contributed by atoms with Crippen LogP contribution in [0.2, 0.25) is 0 Å². The zero-order valence-electron chi connectivity index (χ0n) is 15.2. The van der Waals surface area contributed by atoms with E-state index in [1.165, 1.54) is 18.3 Å². The van der Waals surface area contributed by atoms with Crippen LogP contribution in [0.4, 0.5) is 9.93 Å². The zero-order chi connectivity index (χ0) is 19.5. The minimum Gasteiger partial charge on any atom is -0.490 e. The van der Waals surface area contributed by atoms with Gasteiger partial charge in [-0.05, 0) is 23.8 Å². The maximum atomic E-state index is 11.4. The fourth-order valence-electron chi connectivity index (χ4n) is 2.87. The smallest absolute Gasteiger partial charge is 0.410 e. The van der Waals surface area contributed by atoms with Crippen molar-refractivity contribution < 1.29 is 19.1 Å². The summed E-state index contributed by atoms with van der Waals surface area (Å²) < 4.78 is 11.6. The van der Waals surface area contributed by atoms with E-state index in [0.29, 0.717) is 37.2 Å². The number of carbonyl (C=O) groups excluding carboxylic acids is 2. The van der Waals surface area contributed by atoms with E-state index < -0.39 is 0 Å². The number of hydrogen-bond donors (Lipinski definition) is 1. The van der Waals surface area contributed by atoms with Crippen LogP contribution in [0.3, 0.4) is 0 Å². The molecule has 0 bridgehead atoms. The molecule has 1 aliphatic rings. The molecule has 0 aliphatic carbocycles. The van der Waals surface area contributed by atoms with Crippen molar-refractivity contribution in [1.82, 2.24) is 14.9 Å². The summed E-state index contributed by atoms with van der Waals surface area (Å²) in [6.45, 7) is 3.33. The Morgan fingerprint density at radius 2 is 2.21 bits per heavy atom. The Morgan fingerprint density at radius 1 is 1.32 bits per heavy atom. The van der Waals surface area contributed by atoms with E-state index in [9.17, 15) is 9.59 Å². The van der Waals surface area contributed by atoms with Crippen LogP contribution in [0, 0.1) is 0 Å². The van der Waals surface area contributed by atoms with Gasteiger partial charge in [-0.25, -0.2) is 9.78 Å². The van der Waals surface area contributed by atoms with Crippen LogP contribution in [0.15, 0.2) is 36.7 Å². The number of nitrogens with zero attached hydrogens (tertiary/aromatic N) is 3. The van der Waals surface area contributed by atoms with Gasteiger partial charge in [0, 0.05) is 18.7 Å². The van der Waals surface area contributed by atoms with Crippen LogP contribution < -0.4 is 10.1 Å². The first-order valence-electron chi connectivity index (χ1n) is 8.76. The van der Waals surface area contributed by atoms with Crippen molar-refractivity contribution in [2.24, 2.45) is 0 Å². The molecule has 0 unspecified atom stereocenters. The van der Waals surface area contributed by atoms with Crippen LogP contribution in [-0.2, 0) is 9.53 Å². The van der Waals surface area contributed by atoms with Crippen molar-refractivity contribution in [3.8, 4) is 16.9 Å². The maximum Gasteiger partial charge on any atom is 0.410 e. The summed E-state index contributed by atoms with van der Waals surface area (Å²) in [7, 11) is 0. The monoisotopic (exact) mass is 398 g/mol. The van der Waals surface area contributed by atoms with E-state index in [1.807, 2.05) is 24.3 Å². The molecule has 0 atom stereocenters. The number of rotatable bonds is 6. The first-order valence-corrected chi connectivity index (χ1v) is 9.58. The van der Waals surface area contributed by atoms with E-state index in [4.69, 9.17) is 9.47 Å². The SMILES string of the molecule is CC(=O)Nc1nc2ccc(-c3cncc(OCCN4CCOC4=O)c3)cc2s1. The van der Waals surface area contributed by atoms with Gasteiger partial charge in [0.2, 0.25) is 5.91 Å². The number of pyridine rings is 1. The molecule has 2 amide bonds. The number of anilines is 1. The Labute approximate surface area is 165 Å². The minimum atomic E-state index is -0.299. The first kappa shape index (κ1) is 18.2. The topological polar surface area (TPSA) is 93.7 Å². The number of benzene rings is 1. The van der Waals surface area contributed by atoms with E-state index in [1.54, 1.807) is 17.3 Å². The van der Waals surface area contributed by atoms with Gasteiger partial charge in [0.25, 0.3) is 0 Å². The number of ether oxygens (including phenoxy) is 2. The number of fused-ring (bicyclic) bond motifs is 1. The lowest BCUT2D eigenvalue weighted by Gasteiger charge is -2.13. The lowest BCUT2D eigenvalue weighted by atomic mass is 10.1. The molecule has 9 heteroatoms. The second kappa shape index (κ2) is 7.81. The Hall–Kier alpha value is -3.20. The molecule has 3 heterocycles. The van der Waals surface area contributed by atoms with Gasteiger partial charge in [0.1, 0.15) is 19.0 Å². The molecule has 28 heavy (non-hydrogen) atoms. The Morgan fingerprint density at radius 3 is 3.00 bits per heavy atom. The highest BCUT2D eigenvalue weighted by Gasteiger charge is 2.21. The van der Waals surface area contributed by atoms with Gasteiger partial charge in [-0.2, -0.15) is 0 Å².